The summed E-state index contributed by atoms with van der Waals surface area (Å²) in [5, 5.41) is 13.8. The van der Waals surface area contributed by atoms with Gasteiger partial charge in [-0.15, -0.1) is 0 Å². The van der Waals surface area contributed by atoms with Gasteiger partial charge in [0.25, 0.3) is 0 Å². The first-order valence-corrected chi connectivity index (χ1v) is 6.27. The minimum atomic E-state index is -0.836. The summed E-state index contributed by atoms with van der Waals surface area (Å²) in [4.78, 5) is 11.6. The van der Waals surface area contributed by atoms with Gasteiger partial charge in [-0.05, 0) is 23.3 Å². The Morgan fingerprint density at radius 1 is 1.05 bits per heavy atom. The number of hydrogen-bond acceptors (Lipinski definition) is 2. The van der Waals surface area contributed by atoms with E-state index in [4.69, 9.17) is 5.11 Å². The molecule has 0 aliphatic carbocycles. The van der Waals surface area contributed by atoms with Gasteiger partial charge in [0.2, 0.25) is 0 Å². The predicted octanol–water partition coefficient (Wildman–Crippen LogP) is 2.78. The highest BCUT2D eigenvalue weighted by Gasteiger charge is 2.07. The van der Waals surface area contributed by atoms with E-state index in [1.54, 1.807) is 24.3 Å². The van der Waals surface area contributed by atoms with E-state index < -0.39 is 17.7 Å². The van der Waals surface area contributed by atoms with Crippen LogP contribution in [0.1, 0.15) is 11.1 Å². The first-order valence-electron chi connectivity index (χ1n) is 6.27. The molecular formula is C15H14F2N2O2. The molecule has 0 atom stereocenters. The zero-order valence-corrected chi connectivity index (χ0v) is 11.1. The lowest BCUT2D eigenvalue weighted by Crippen LogP contribution is -2.28. The van der Waals surface area contributed by atoms with E-state index in [1.807, 2.05) is 0 Å². The van der Waals surface area contributed by atoms with E-state index in [1.165, 1.54) is 0 Å². The average Bonchev–Trinajstić information content (AvgIpc) is 2.48. The summed E-state index contributed by atoms with van der Waals surface area (Å²) in [6, 6.07) is 9.35. The van der Waals surface area contributed by atoms with Crippen LogP contribution in [0.4, 0.5) is 19.3 Å². The third-order valence-corrected chi connectivity index (χ3v) is 2.84. The van der Waals surface area contributed by atoms with Crippen molar-refractivity contribution in [2.75, 3.05) is 5.32 Å². The van der Waals surface area contributed by atoms with Gasteiger partial charge in [-0.3, -0.25) is 0 Å². The first-order chi connectivity index (χ1) is 10.1. The fourth-order valence-electron chi connectivity index (χ4n) is 1.70. The van der Waals surface area contributed by atoms with Crippen molar-refractivity contribution >= 4 is 11.7 Å². The van der Waals surface area contributed by atoms with Crippen molar-refractivity contribution in [2.45, 2.75) is 13.2 Å². The number of aliphatic hydroxyl groups excluding tert-OH is 1. The van der Waals surface area contributed by atoms with E-state index in [0.29, 0.717) is 6.07 Å². The van der Waals surface area contributed by atoms with E-state index in [-0.39, 0.29) is 18.8 Å². The topological polar surface area (TPSA) is 61.4 Å². The maximum absolute atomic E-state index is 13.4. The largest absolute Gasteiger partial charge is 0.392 e. The monoisotopic (exact) mass is 292 g/mol. The molecule has 2 rings (SSSR count). The number of rotatable bonds is 4. The lowest BCUT2D eigenvalue weighted by atomic mass is 10.1. The number of carbonyl (C=O) groups excluding carboxylic acids is 1. The lowest BCUT2D eigenvalue weighted by Gasteiger charge is -2.09. The standard InChI is InChI=1S/C15H14F2N2O2/c16-12-5-6-14(13(17)7-12)19-15(21)18-8-10-1-3-11(9-20)4-2-10/h1-7,20H,8-9H2,(H2,18,19,21). The molecule has 0 unspecified atom stereocenters. The summed E-state index contributed by atoms with van der Waals surface area (Å²) >= 11 is 0. The number of anilines is 1. The van der Waals surface area contributed by atoms with Gasteiger partial charge in [0.15, 0.2) is 0 Å². The normalized spacial score (nSPS) is 10.2. The molecular weight excluding hydrogens is 278 g/mol. The molecule has 0 aliphatic rings. The molecule has 6 heteroatoms. The Bertz CT molecular complexity index is 630. The van der Waals surface area contributed by atoms with E-state index in [2.05, 4.69) is 10.6 Å². The van der Waals surface area contributed by atoms with Crippen molar-refractivity contribution in [1.29, 1.82) is 0 Å². The third kappa shape index (κ3) is 4.25. The van der Waals surface area contributed by atoms with Gasteiger partial charge in [0.1, 0.15) is 11.6 Å². The number of benzene rings is 2. The quantitative estimate of drug-likeness (QED) is 0.811. The van der Waals surface area contributed by atoms with Crippen LogP contribution in [0.2, 0.25) is 0 Å². The summed E-state index contributed by atoms with van der Waals surface area (Å²) < 4.78 is 26.1. The van der Waals surface area contributed by atoms with Gasteiger partial charge in [-0.1, -0.05) is 24.3 Å². The number of aliphatic hydroxyl groups is 1. The molecule has 0 aliphatic heterocycles. The van der Waals surface area contributed by atoms with Crippen LogP contribution < -0.4 is 10.6 Å². The van der Waals surface area contributed by atoms with Crippen LogP contribution in [0.15, 0.2) is 42.5 Å². The zero-order chi connectivity index (χ0) is 15.2. The summed E-state index contributed by atoms with van der Waals surface area (Å²) in [7, 11) is 0. The fraction of sp³-hybridized carbons (Fsp3) is 0.133. The second-order valence-electron chi connectivity index (χ2n) is 4.41. The van der Waals surface area contributed by atoms with Crippen LogP contribution in [0.3, 0.4) is 0 Å². The van der Waals surface area contributed by atoms with Crippen molar-refractivity contribution in [3.63, 3.8) is 0 Å². The van der Waals surface area contributed by atoms with Gasteiger partial charge in [-0.25, -0.2) is 13.6 Å². The molecule has 3 N–H and O–H groups in total. The summed E-state index contributed by atoms with van der Waals surface area (Å²) in [6.07, 6.45) is 0. The van der Waals surface area contributed by atoms with Crippen LogP contribution in [0.5, 0.6) is 0 Å². The molecule has 0 fully saturated rings. The average molecular weight is 292 g/mol. The highest BCUT2D eigenvalue weighted by atomic mass is 19.1. The Kier molecular flexibility index (Phi) is 4.84. The molecule has 0 saturated heterocycles. The Hall–Kier alpha value is -2.47. The van der Waals surface area contributed by atoms with Crippen molar-refractivity contribution in [1.82, 2.24) is 5.32 Å². The molecule has 2 aromatic carbocycles. The van der Waals surface area contributed by atoms with Crippen molar-refractivity contribution in [2.24, 2.45) is 0 Å². The molecule has 0 heterocycles. The molecule has 2 aromatic rings. The molecule has 0 radical (unpaired) electrons. The maximum Gasteiger partial charge on any atom is 0.319 e. The zero-order valence-electron chi connectivity index (χ0n) is 11.1. The minimum Gasteiger partial charge on any atom is -0.392 e. The van der Waals surface area contributed by atoms with E-state index in [0.717, 1.165) is 23.3 Å². The van der Waals surface area contributed by atoms with Crippen LogP contribution >= 0.6 is 0 Å². The molecule has 4 nitrogen and oxygen atoms in total. The Morgan fingerprint density at radius 2 is 1.71 bits per heavy atom. The number of amides is 2. The van der Waals surface area contributed by atoms with Crippen LogP contribution in [-0.4, -0.2) is 11.1 Å². The highest BCUT2D eigenvalue weighted by molar-refractivity contribution is 5.89. The van der Waals surface area contributed by atoms with Gasteiger partial charge in [0, 0.05) is 12.6 Å². The van der Waals surface area contributed by atoms with Crippen LogP contribution in [0.25, 0.3) is 0 Å². The number of urea groups is 1. The maximum atomic E-state index is 13.4. The number of carbonyl (C=O) groups is 1. The molecule has 0 saturated carbocycles. The SMILES string of the molecule is O=C(NCc1ccc(CO)cc1)Nc1ccc(F)cc1F. The molecule has 110 valence electrons. The highest BCUT2D eigenvalue weighted by Crippen LogP contribution is 2.14. The number of halogens is 2. The molecule has 0 spiro atoms. The number of nitrogens with one attached hydrogen (secondary N) is 2. The fourth-order valence-corrected chi connectivity index (χ4v) is 1.70. The number of hydrogen-bond donors (Lipinski definition) is 3. The Balaban J connectivity index is 1.89. The first kappa shape index (κ1) is 14.9. The second-order valence-corrected chi connectivity index (χ2v) is 4.41. The smallest absolute Gasteiger partial charge is 0.319 e. The summed E-state index contributed by atoms with van der Waals surface area (Å²) in [5.74, 6) is -1.54. The Morgan fingerprint density at radius 3 is 2.33 bits per heavy atom. The third-order valence-electron chi connectivity index (χ3n) is 2.84. The Labute approximate surface area is 120 Å². The second kappa shape index (κ2) is 6.81. The van der Waals surface area contributed by atoms with Crippen molar-refractivity contribution in [3.8, 4) is 0 Å². The summed E-state index contributed by atoms with van der Waals surface area (Å²) in [5.41, 5.74) is 1.52. The molecule has 0 aromatic heterocycles. The van der Waals surface area contributed by atoms with Crippen molar-refractivity contribution < 1.29 is 18.7 Å². The van der Waals surface area contributed by atoms with Gasteiger partial charge in [-0.2, -0.15) is 0 Å². The predicted molar refractivity (Wildman–Crippen MR) is 74.6 cm³/mol. The van der Waals surface area contributed by atoms with Gasteiger partial charge < -0.3 is 15.7 Å². The molecule has 0 bridgehead atoms. The minimum absolute atomic E-state index is 0.0436. The van der Waals surface area contributed by atoms with Gasteiger partial charge in [0.05, 0.1) is 12.3 Å². The molecule has 2 amide bonds. The van der Waals surface area contributed by atoms with Gasteiger partial charge >= 0.3 is 6.03 Å². The van der Waals surface area contributed by atoms with Crippen LogP contribution in [0, 0.1) is 11.6 Å². The van der Waals surface area contributed by atoms with Crippen molar-refractivity contribution in [3.05, 3.63) is 65.2 Å². The molecule has 21 heavy (non-hydrogen) atoms. The lowest BCUT2D eigenvalue weighted by molar-refractivity contribution is 0.251. The van der Waals surface area contributed by atoms with Crippen LogP contribution in [-0.2, 0) is 13.2 Å². The van der Waals surface area contributed by atoms with E-state index in [9.17, 15) is 13.6 Å². The summed E-state index contributed by atoms with van der Waals surface area (Å²) in [6.45, 7) is 0.207. The van der Waals surface area contributed by atoms with E-state index >= 15 is 0 Å².